The second-order valence-electron chi connectivity index (χ2n) is 20.2. The molecule has 3 unspecified atom stereocenters. The summed E-state index contributed by atoms with van der Waals surface area (Å²) in [5.74, 6) is 2.86. The molecule has 0 fully saturated rings. The van der Waals surface area contributed by atoms with Gasteiger partial charge in [-0.1, -0.05) is 343 Å². The summed E-state index contributed by atoms with van der Waals surface area (Å²) >= 11 is 0. The molecular weight excluding hydrogens is 673 g/mol. The van der Waals surface area contributed by atoms with Crippen LogP contribution < -0.4 is 0 Å². The molecule has 0 bridgehead atoms. The van der Waals surface area contributed by atoms with Gasteiger partial charge in [0.15, 0.2) is 0 Å². The average Bonchev–Trinajstić information content (AvgIpc) is 3.19. The van der Waals surface area contributed by atoms with E-state index in [1.807, 2.05) is 0 Å². The van der Waals surface area contributed by atoms with Crippen LogP contribution in [-0.4, -0.2) is 0 Å². The zero-order valence-corrected chi connectivity index (χ0v) is 40.7. The molecule has 0 saturated heterocycles. The average molecular weight is 788 g/mol. The van der Waals surface area contributed by atoms with E-state index < -0.39 is 0 Å². The van der Waals surface area contributed by atoms with Crippen molar-refractivity contribution in [3.63, 3.8) is 0 Å². The molecule has 0 aliphatic rings. The van der Waals surface area contributed by atoms with Gasteiger partial charge in [-0.25, -0.2) is 0 Å². The Hall–Kier alpha value is 0. The molecule has 0 rings (SSSR count). The molecule has 0 aliphatic carbocycles. The van der Waals surface area contributed by atoms with Crippen molar-refractivity contribution in [2.45, 2.75) is 343 Å². The number of hydrogen-bond donors (Lipinski definition) is 0. The highest BCUT2D eigenvalue weighted by atomic mass is 14.1. The molecule has 3 atom stereocenters. The van der Waals surface area contributed by atoms with Crippen LogP contribution >= 0.6 is 0 Å². The zero-order valence-electron chi connectivity index (χ0n) is 40.7. The van der Waals surface area contributed by atoms with Crippen molar-refractivity contribution < 1.29 is 0 Å². The maximum absolute atomic E-state index is 2.53. The minimum absolute atomic E-state index is 0.948. The smallest absolute Gasteiger partial charge is 0.0443 e. The highest BCUT2D eigenvalue weighted by Crippen LogP contribution is 2.23. The minimum atomic E-state index is 0.948. The van der Waals surface area contributed by atoms with E-state index in [1.165, 1.54) is 308 Å². The van der Waals surface area contributed by atoms with Crippen LogP contribution in [0.15, 0.2) is 0 Å². The van der Waals surface area contributed by atoms with Gasteiger partial charge in [0.1, 0.15) is 0 Å². The summed E-state index contributed by atoms with van der Waals surface area (Å²) < 4.78 is 0. The van der Waals surface area contributed by atoms with Gasteiger partial charge in [-0.2, -0.15) is 0 Å². The van der Waals surface area contributed by atoms with Crippen LogP contribution in [0.4, 0.5) is 0 Å². The van der Waals surface area contributed by atoms with E-state index in [2.05, 4.69) is 34.6 Å². The monoisotopic (exact) mass is 787 g/mol. The predicted octanol–water partition coefficient (Wildman–Crippen LogP) is 21.7. The molecule has 0 nitrogen and oxygen atoms in total. The van der Waals surface area contributed by atoms with E-state index in [4.69, 9.17) is 0 Å². The van der Waals surface area contributed by atoms with Crippen LogP contribution in [0.1, 0.15) is 343 Å². The Kier molecular flexibility index (Phi) is 49.4. The first-order chi connectivity index (χ1) is 27.6. The third-order valence-corrected chi connectivity index (χ3v) is 13.9. The highest BCUT2D eigenvalue weighted by molar-refractivity contribution is 4.61. The molecule has 0 N–H and O–H groups in total. The normalized spacial score (nSPS) is 13.4. The molecule has 0 aliphatic heterocycles. The van der Waals surface area contributed by atoms with Gasteiger partial charge >= 0.3 is 0 Å². The van der Waals surface area contributed by atoms with E-state index >= 15 is 0 Å². The fraction of sp³-hybridized carbons (Fsp3) is 1.00. The van der Waals surface area contributed by atoms with E-state index in [9.17, 15) is 0 Å². The lowest BCUT2D eigenvalue weighted by Crippen LogP contribution is -1.99. The van der Waals surface area contributed by atoms with Gasteiger partial charge in [-0.3, -0.25) is 0 Å². The Morgan fingerprint density at radius 3 is 0.446 bits per heavy atom. The van der Waals surface area contributed by atoms with Gasteiger partial charge < -0.3 is 0 Å². The second kappa shape index (κ2) is 49.4. The molecule has 0 radical (unpaired) electrons. The first-order valence-electron chi connectivity index (χ1n) is 27.6. The molecule has 0 heterocycles. The van der Waals surface area contributed by atoms with Crippen molar-refractivity contribution in [1.82, 2.24) is 0 Å². The highest BCUT2D eigenvalue weighted by Gasteiger charge is 2.07. The zero-order chi connectivity index (χ0) is 40.7. The summed E-state index contributed by atoms with van der Waals surface area (Å²) in [6.07, 6.45) is 70.9. The van der Waals surface area contributed by atoms with Gasteiger partial charge in [0.2, 0.25) is 0 Å². The topological polar surface area (TPSA) is 0 Å². The predicted molar refractivity (Wildman–Crippen MR) is 260 cm³/mol. The summed E-state index contributed by atoms with van der Waals surface area (Å²) in [4.78, 5) is 0. The van der Waals surface area contributed by atoms with Gasteiger partial charge in [-0.05, 0) is 17.8 Å². The van der Waals surface area contributed by atoms with Crippen molar-refractivity contribution in [3.05, 3.63) is 0 Å². The van der Waals surface area contributed by atoms with Crippen molar-refractivity contribution >= 4 is 0 Å². The van der Waals surface area contributed by atoms with Gasteiger partial charge in [0.05, 0.1) is 0 Å². The maximum Gasteiger partial charge on any atom is -0.0443 e. The van der Waals surface area contributed by atoms with Crippen LogP contribution in [-0.2, 0) is 0 Å². The second-order valence-corrected chi connectivity index (χ2v) is 20.2. The summed E-state index contributed by atoms with van der Waals surface area (Å²) in [6.45, 7) is 12.2. The summed E-state index contributed by atoms with van der Waals surface area (Å²) in [6, 6.07) is 0. The Morgan fingerprint density at radius 1 is 0.161 bits per heavy atom. The molecule has 0 aromatic rings. The van der Waals surface area contributed by atoms with Crippen molar-refractivity contribution in [3.8, 4) is 0 Å². The maximum atomic E-state index is 2.53. The fourth-order valence-electron chi connectivity index (χ4n) is 9.55. The number of unbranched alkanes of at least 4 members (excludes halogenated alkanes) is 38. The first kappa shape index (κ1) is 56.0. The number of rotatable bonds is 50. The molecule has 0 spiro atoms. The Bertz CT molecular complexity index is 665. The van der Waals surface area contributed by atoms with Crippen LogP contribution in [0, 0.1) is 17.8 Å². The number of hydrogen-bond acceptors (Lipinski definition) is 0. The van der Waals surface area contributed by atoms with Gasteiger partial charge in [0.25, 0.3) is 0 Å². The van der Waals surface area contributed by atoms with Crippen molar-refractivity contribution in [1.29, 1.82) is 0 Å². The van der Waals surface area contributed by atoms with E-state index in [1.54, 1.807) is 0 Å². The standard InChI is InChI=1S/C56H114/c1-6-8-10-12-14-16-18-19-20-21-22-23-24-25-26-27-28-29-30-31-33-36-40-45-50-55(4)52-47-53-56(5)51-46-42-38-34-37-41-44-49-54(3)48-43-39-35-32-17-15-13-11-9-7-2/h54-56H,6-53H2,1-5H3. The summed E-state index contributed by atoms with van der Waals surface area (Å²) in [5.41, 5.74) is 0. The van der Waals surface area contributed by atoms with Crippen molar-refractivity contribution in [2.75, 3.05) is 0 Å². The van der Waals surface area contributed by atoms with E-state index in [-0.39, 0.29) is 0 Å². The van der Waals surface area contributed by atoms with Gasteiger partial charge in [-0.15, -0.1) is 0 Å². The Morgan fingerprint density at radius 2 is 0.286 bits per heavy atom. The van der Waals surface area contributed by atoms with Crippen LogP contribution in [0.3, 0.4) is 0 Å². The molecule has 338 valence electrons. The molecule has 0 heteroatoms. The lowest BCUT2D eigenvalue weighted by atomic mass is 9.92. The summed E-state index contributed by atoms with van der Waals surface area (Å²) in [5, 5.41) is 0. The Balaban J connectivity index is 3.28. The SMILES string of the molecule is CCCCCCCCCCCCCCCCCCCCCCCCCCC(C)CCCC(C)CCCCCCCCCC(C)CCCCCCCCCCCC. The molecule has 0 aromatic carbocycles. The van der Waals surface area contributed by atoms with Crippen LogP contribution in [0.5, 0.6) is 0 Å². The summed E-state index contributed by atoms with van der Waals surface area (Å²) in [7, 11) is 0. The lowest BCUT2D eigenvalue weighted by molar-refractivity contribution is 0.390. The third kappa shape index (κ3) is 48.4. The molecular formula is C56H114. The molecule has 0 saturated carbocycles. The van der Waals surface area contributed by atoms with Crippen molar-refractivity contribution in [2.24, 2.45) is 17.8 Å². The van der Waals surface area contributed by atoms with Crippen LogP contribution in [0.2, 0.25) is 0 Å². The molecule has 56 heavy (non-hydrogen) atoms. The molecule has 0 aromatic heterocycles. The Labute approximate surface area is 359 Å². The van der Waals surface area contributed by atoms with Crippen LogP contribution in [0.25, 0.3) is 0 Å². The van der Waals surface area contributed by atoms with E-state index in [0.29, 0.717) is 0 Å². The minimum Gasteiger partial charge on any atom is -0.0654 e. The first-order valence-corrected chi connectivity index (χ1v) is 27.6. The lowest BCUT2D eigenvalue weighted by Gasteiger charge is -2.14. The fourth-order valence-corrected chi connectivity index (χ4v) is 9.55. The van der Waals surface area contributed by atoms with E-state index in [0.717, 1.165) is 17.8 Å². The largest absolute Gasteiger partial charge is 0.0654 e. The quantitative estimate of drug-likeness (QED) is 0.0539. The molecule has 0 amide bonds. The third-order valence-electron chi connectivity index (χ3n) is 13.9. The van der Waals surface area contributed by atoms with Gasteiger partial charge in [0, 0.05) is 0 Å².